The highest BCUT2D eigenvalue weighted by Gasteiger charge is 2.24. The van der Waals surface area contributed by atoms with E-state index in [0.29, 0.717) is 35.2 Å². The first-order valence-corrected chi connectivity index (χ1v) is 7.48. The van der Waals surface area contributed by atoms with Crippen molar-refractivity contribution < 1.29 is 8.91 Å². The normalized spacial score (nSPS) is 17.3. The molecule has 3 rings (SSSR count). The molecular weight excluding hydrogens is 269 g/mol. The third-order valence-electron chi connectivity index (χ3n) is 4.31. The molecule has 1 aromatic heterocycles. The molecule has 0 amide bonds. The van der Waals surface area contributed by atoms with E-state index < -0.39 is 0 Å². The molecular formula is C16H20FN3O. The highest BCUT2D eigenvalue weighted by molar-refractivity contribution is 5.54. The molecule has 112 valence electrons. The van der Waals surface area contributed by atoms with Gasteiger partial charge in [0.15, 0.2) is 0 Å². The SMILES string of the molecule is Cc1ccc(-c2noc(CC(N)C3CCCC3)n2)cc1F. The Hall–Kier alpha value is -1.75. The fourth-order valence-electron chi connectivity index (χ4n) is 2.94. The van der Waals surface area contributed by atoms with Gasteiger partial charge in [0.05, 0.1) is 0 Å². The molecule has 0 bridgehead atoms. The molecule has 0 saturated heterocycles. The van der Waals surface area contributed by atoms with Crippen molar-refractivity contribution in [2.45, 2.75) is 45.1 Å². The van der Waals surface area contributed by atoms with E-state index in [1.165, 1.54) is 31.7 Å². The summed E-state index contributed by atoms with van der Waals surface area (Å²) in [6, 6.07) is 5.01. The molecule has 0 spiro atoms. The second-order valence-electron chi connectivity index (χ2n) is 5.89. The molecule has 1 fully saturated rings. The molecule has 1 aromatic carbocycles. The quantitative estimate of drug-likeness (QED) is 0.938. The number of hydrogen-bond acceptors (Lipinski definition) is 4. The van der Waals surface area contributed by atoms with E-state index in [4.69, 9.17) is 10.3 Å². The summed E-state index contributed by atoms with van der Waals surface area (Å²) in [6.07, 6.45) is 5.48. The van der Waals surface area contributed by atoms with E-state index in [0.717, 1.165) is 0 Å². The van der Waals surface area contributed by atoms with E-state index >= 15 is 0 Å². The first-order chi connectivity index (χ1) is 10.1. The molecule has 1 aliphatic carbocycles. The summed E-state index contributed by atoms with van der Waals surface area (Å²) in [7, 11) is 0. The maximum Gasteiger partial charge on any atom is 0.228 e. The molecule has 1 unspecified atom stereocenters. The lowest BCUT2D eigenvalue weighted by Crippen LogP contribution is -2.30. The number of nitrogens with two attached hydrogens (primary N) is 1. The minimum Gasteiger partial charge on any atom is -0.339 e. The van der Waals surface area contributed by atoms with Crippen LogP contribution < -0.4 is 5.73 Å². The number of nitrogens with zero attached hydrogens (tertiary/aromatic N) is 2. The number of aryl methyl sites for hydroxylation is 1. The number of aromatic nitrogens is 2. The monoisotopic (exact) mass is 289 g/mol. The summed E-state index contributed by atoms with van der Waals surface area (Å²) in [5.41, 5.74) is 7.45. The number of halogens is 1. The van der Waals surface area contributed by atoms with Gasteiger partial charge in [-0.05, 0) is 37.3 Å². The van der Waals surface area contributed by atoms with Crippen molar-refractivity contribution in [1.82, 2.24) is 10.1 Å². The maximum absolute atomic E-state index is 13.6. The van der Waals surface area contributed by atoms with Crippen molar-refractivity contribution >= 4 is 0 Å². The highest BCUT2D eigenvalue weighted by Crippen LogP contribution is 2.28. The summed E-state index contributed by atoms with van der Waals surface area (Å²) in [5.74, 6) is 1.24. The number of hydrogen-bond donors (Lipinski definition) is 1. The van der Waals surface area contributed by atoms with Gasteiger partial charge in [0, 0.05) is 18.0 Å². The summed E-state index contributed by atoms with van der Waals surface area (Å²) in [6.45, 7) is 1.72. The van der Waals surface area contributed by atoms with Crippen molar-refractivity contribution in [2.24, 2.45) is 11.7 Å². The van der Waals surface area contributed by atoms with Gasteiger partial charge in [-0.15, -0.1) is 0 Å². The Labute approximate surface area is 123 Å². The van der Waals surface area contributed by atoms with Gasteiger partial charge >= 0.3 is 0 Å². The third kappa shape index (κ3) is 3.13. The summed E-state index contributed by atoms with van der Waals surface area (Å²) < 4.78 is 18.8. The molecule has 5 heteroatoms. The fourth-order valence-corrected chi connectivity index (χ4v) is 2.94. The maximum atomic E-state index is 13.6. The summed E-state index contributed by atoms with van der Waals surface area (Å²) >= 11 is 0. The van der Waals surface area contributed by atoms with Crippen LogP contribution in [0, 0.1) is 18.7 Å². The molecule has 0 aliphatic heterocycles. The highest BCUT2D eigenvalue weighted by atomic mass is 19.1. The Morgan fingerprint density at radius 1 is 1.38 bits per heavy atom. The second kappa shape index (κ2) is 5.93. The van der Waals surface area contributed by atoms with Gasteiger partial charge in [0.1, 0.15) is 5.82 Å². The summed E-state index contributed by atoms with van der Waals surface area (Å²) in [5, 5.41) is 3.93. The molecule has 0 radical (unpaired) electrons. The zero-order valence-corrected chi connectivity index (χ0v) is 12.2. The minimum absolute atomic E-state index is 0.0653. The average molecular weight is 289 g/mol. The van der Waals surface area contributed by atoms with Gasteiger partial charge in [-0.25, -0.2) is 4.39 Å². The predicted molar refractivity (Wildman–Crippen MR) is 78.1 cm³/mol. The fraction of sp³-hybridized carbons (Fsp3) is 0.500. The van der Waals surface area contributed by atoms with Gasteiger partial charge < -0.3 is 10.3 Å². The second-order valence-corrected chi connectivity index (χ2v) is 5.89. The Morgan fingerprint density at radius 3 is 2.86 bits per heavy atom. The Bertz CT molecular complexity index is 620. The van der Waals surface area contributed by atoms with Crippen molar-refractivity contribution in [3.63, 3.8) is 0 Å². The van der Waals surface area contributed by atoms with Crippen LogP contribution in [0.15, 0.2) is 22.7 Å². The smallest absolute Gasteiger partial charge is 0.228 e. The predicted octanol–water partition coefficient (Wildman–Crippen LogP) is 3.24. The van der Waals surface area contributed by atoms with Crippen LogP contribution in [-0.4, -0.2) is 16.2 Å². The Balaban J connectivity index is 1.72. The van der Waals surface area contributed by atoms with Gasteiger partial charge in [0.2, 0.25) is 11.7 Å². The van der Waals surface area contributed by atoms with Gasteiger partial charge in [-0.2, -0.15) is 4.98 Å². The van der Waals surface area contributed by atoms with Crippen LogP contribution in [0.2, 0.25) is 0 Å². The van der Waals surface area contributed by atoms with E-state index in [9.17, 15) is 4.39 Å². The van der Waals surface area contributed by atoms with E-state index in [2.05, 4.69) is 10.1 Å². The van der Waals surface area contributed by atoms with Crippen LogP contribution in [0.4, 0.5) is 4.39 Å². The molecule has 2 N–H and O–H groups in total. The van der Waals surface area contributed by atoms with E-state index in [1.54, 1.807) is 19.1 Å². The van der Waals surface area contributed by atoms with Crippen LogP contribution in [0.1, 0.15) is 37.1 Å². The molecule has 1 heterocycles. The Kier molecular flexibility index (Phi) is 4.01. The van der Waals surface area contributed by atoms with Crippen LogP contribution in [-0.2, 0) is 6.42 Å². The lowest BCUT2D eigenvalue weighted by Gasteiger charge is -2.16. The molecule has 2 aromatic rings. The van der Waals surface area contributed by atoms with Crippen molar-refractivity contribution in [3.05, 3.63) is 35.5 Å². The third-order valence-corrected chi connectivity index (χ3v) is 4.31. The molecule has 1 saturated carbocycles. The lowest BCUT2D eigenvalue weighted by atomic mass is 9.96. The number of benzene rings is 1. The van der Waals surface area contributed by atoms with E-state index in [-0.39, 0.29) is 11.9 Å². The average Bonchev–Trinajstić information content (AvgIpc) is 3.12. The van der Waals surface area contributed by atoms with Gasteiger partial charge in [-0.3, -0.25) is 0 Å². The van der Waals surface area contributed by atoms with Crippen molar-refractivity contribution in [1.29, 1.82) is 0 Å². The topological polar surface area (TPSA) is 64.9 Å². The zero-order valence-electron chi connectivity index (χ0n) is 12.2. The molecule has 21 heavy (non-hydrogen) atoms. The minimum atomic E-state index is -0.262. The number of rotatable bonds is 4. The Morgan fingerprint density at radius 2 is 2.14 bits per heavy atom. The largest absolute Gasteiger partial charge is 0.339 e. The van der Waals surface area contributed by atoms with Crippen LogP contribution in [0.5, 0.6) is 0 Å². The lowest BCUT2D eigenvalue weighted by molar-refractivity contribution is 0.341. The molecule has 4 nitrogen and oxygen atoms in total. The summed E-state index contributed by atoms with van der Waals surface area (Å²) in [4.78, 5) is 4.34. The molecule has 1 aliphatic rings. The van der Waals surface area contributed by atoms with E-state index in [1.807, 2.05) is 0 Å². The van der Waals surface area contributed by atoms with Crippen molar-refractivity contribution in [3.8, 4) is 11.4 Å². The van der Waals surface area contributed by atoms with Gasteiger partial charge in [-0.1, -0.05) is 30.1 Å². The standard InChI is InChI=1S/C16H20FN3O/c1-10-6-7-12(8-13(10)17)16-19-15(21-20-16)9-14(18)11-4-2-3-5-11/h6-8,11,14H,2-5,9,18H2,1H3. The van der Waals surface area contributed by atoms with Crippen molar-refractivity contribution in [2.75, 3.05) is 0 Å². The van der Waals surface area contributed by atoms with Gasteiger partial charge in [0.25, 0.3) is 0 Å². The van der Waals surface area contributed by atoms with Crippen LogP contribution in [0.3, 0.4) is 0 Å². The van der Waals surface area contributed by atoms with Crippen LogP contribution >= 0.6 is 0 Å². The molecule has 1 atom stereocenters. The first-order valence-electron chi connectivity index (χ1n) is 7.48. The first kappa shape index (κ1) is 14.2. The zero-order chi connectivity index (χ0) is 14.8. The van der Waals surface area contributed by atoms with Crippen LogP contribution in [0.25, 0.3) is 11.4 Å².